The molecule has 144 valence electrons. The van der Waals surface area contributed by atoms with E-state index in [-0.39, 0.29) is 5.54 Å². The van der Waals surface area contributed by atoms with Gasteiger partial charge in [-0.2, -0.15) is 0 Å². The molecule has 0 heterocycles. The smallest absolute Gasteiger partial charge is 0.185 e. The summed E-state index contributed by atoms with van der Waals surface area (Å²) in [5, 5.41) is 5.72. The van der Waals surface area contributed by atoms with Crippen molar-refractivity contribution >= 4 is 17.3 Å². The highest BCUT2D eigenvalue weighted by molar-refractivity contribution is 7.80. The number of thiocarbonyl (C=S) groups is 1. The standard InChI is InChI=1S/C24H27N3S/c1-23(2,3)27(25)22(28)26-24(19-13-7-4-8-14-19,20-15-9-5-10-16-20)21-17-11-6-12-18-21/h4-18H,25H2,1-3H3,(H,26,28). The van der Waals surface area contributed by atoms with Crippen LogP contribution in [0.3, 0.4) is 0 Å². The van der Waals surface area contributed by atoms with Gasteiger partial charge in [0.05, 0.1) is 0 Å². The highest BCUT2D eigenvalue weighted by atomic mass is 32.1. The Hall–Kier alpha value is -2.69. The van der Waals surface area contributed by atoms with Gasteiger partial charge in [0.25, 0.3) is 0 Å². The maximum absolute atomic E-state index is 6.37. The predicted molar refractivity (Wildman–Crippen MR) is 121 cm³/mol. The van der Waals surface area contributed by atoms with Gasteiger partial charge in [-0.05, 0) is 49.7 Å². The molecule has 3 aromatic rings. The molecule has 0 aliphatic heterocycles. The average Bonchev–Trinajstić information content (AvgIpc) is 2.72. The van der Waals surface area contributed by atoms with Crippen LogP contribution in [0, 0.1) is 0 Å². The number of hydrazine groups is 1. The van der Waals surface area contributed by atoms with E-state index >= 15 is 0 Å². The molecular formula is C24H27N3S. The first-order chi connectivity index (χ1) is 13.4. The van der Waals surface area contributed by atoms with Gasteiger partial charge >= 0.3 is 0 Å². The Bertz CT molecular complexity index is 806. The molecule has 0 spiro atoms. The van der Waals surface area contributed by atoms with E-state index in [9.17, 15) is 0 Å². The van der Waals surface area contributed by atoms with Crippen LogP contribution in [0.25, 0.3) is 0 Å². The first kappa shape index (κ1) is 20.1. The third kappa shape index (κ3) is 3.93. The van der Waals surface area contributed by atoms with E-state index in [1.54, 1.807) is 5.01 Å². The molecule has 0 amide bonds. The van der Waals surface area contributed by atoms with Gasteiger partial charge in [0.15, 0.2) is 5.11 Å². The molecule has 0 bridgehead atoms. The minimum atomic E-state index is -0.663. The number of benzene rings is 3. The van der Waals surface area contributed by atoms with Crippen molar-refractivity contribution in [1.29, 1.82) is 0 Å². The summed E-state index contributed by atoms with van der Waals surface area (Å²) < 4.78 is 0. The molecule has 0 fully saturated rings. The van der Waals surface area contributed by atoms with Crippen molar-refractivity contribution in [2.45, 2.75) is 31.8 Å². The Labute approximate surface area is 173 Å². The second-order valence-corrected chi connectivity index (χ2v) is 8.21. The van der Waals surface area contributed by atoms with E-state index in [0.29, 0.717) is 5.11 Å². The van der Waals surface area contributed by atoms with Crippen LogP contribution in [0.15, 0.2) is 91.0 Å². The molecule has 0 unspecified atom stereocenters. The number of nitrogens with zero attached hydrogens (tertiary/aromatic N) is 1. The molecule has 0 saturated heterocycles. The fraction of sp³-hybridized carbons (Fsp3) is 0.208. The van der Waals surface area contributed by atoms with Gasteiger partial charge in [0.1, 0.15) is 5.54 Å². The monoisotopic (exact) mass is 389 g/mol. The second-order valence-electron chi connectivity index (χ2n) is 7.82. The Kier molecular flexibility index (Phi) is 5.82. The number of hydrogen-bond acceptors (Lipinski definition) is 2. The van der Waals surface area contributed by atoms with E-state index in [0.717, 1.165) is 16.7 Å². The molecule has 28 heavy (non-hydrogen) atoms. The summed E-state index contributed by atoms with van der Waals surface area (Å²) in [6.07, 6.45) is 0. The van der Waals surface area contributed by atoms with Crippen molar-refractivity contribution < 1.29 is 0 Å². The third-order valence-electron chi connectivity index (χ3n) is 4.86. The lowest BCUT2D eigenvalue weighted by Gasteiger charge is -2.42. The van der Waals surface area contributed by atoms with Crippen molar-refractivity contribution in [3.63, 3.8) is 0 Å². The first-order valence-corrected chi connectivity index (χ1v) is 9.80. The quantitative estimate of drug-likeness (QED) is 0.290. The largest absolute Gasteiger partial charge is 0.344 e. The van der Waals surface area contributed by atoms with Crippen LogP contribution in [0.4, 0.5) is 0 Å². The summed E-state index contributed by atoms with van der Waals surface area (Å²) in [6.45, 7) is 6.11. The van der Waals surface area contributed by atoms with Crippen molar-refractivity contribution in [1.82, 2.24) is 10.3 Å². The molecule has 0 saturated carbocycles. The first-order valence-electron chi connectivity index (χ1n) is 9.39. The van der Waals surface area contributed by atoms with Gasteiger partial charge in [-0.15, -0.1) is 0 Å². The highest BCUT2D eigenvalue weighted by Gasteiger charge is 2.38. The highest BCUT2D eigenvalue weighted by Crippen LogP contribution is 2.37. The maximum Gasteiger partial charge on any atom is 0.185 e. The van der Waals surface area contributed by atoms with E-state index in [1.165, 1.54) is 0 Å². The van der Waals surface area contributed by atoms with Crippen LogP contribution in [0.1, 0.15) is 37.5 Å². The van der Waals surface area contributed by atoms with Crippen LogP contribution in [-0.4, -0.2) is 15.7 Å². The van der Waals surface area contributed by atoms with Crippen LogP contribution < -0.4 is 11.2 Å². The number of nitrogens with one attached hydrogen (secondary N) is 1. The third-order valence-corrected chi connectivity index (χ3v) is 5.16. The maximum atomic E-state index is 6.37. The second kappa shape index (κ2) is 8.13. The fourth-order valence-electron chi connectivity index (χ4n) is 3.31. The zero-order valence-corrected chi connectivity index (χ0v) is 17.4. The topological polar surface area (TPSA) is 41.3 Å². The zero-order chi connectivity index (χ0) is 20.2. The van der Waals surface area contributed by atoms with E-state index < -0.39 is 5.54 Å². The number of hydrogen-bond donors (Lipinski definition) is 2. The molecule has 3 N–H and O–H groups in total. The minimum Gasteiger partial charge on any atom is -0.344 e. The van der Waals surface area contributed by atoms with Crippen molar-refractivity contribution in [3.05, 3.63) is 108 Å². The van der Waals surface area contributed by atoms with Gasteiger partial charge in [0.2, 0.25) is 0 Å². The lowest BCUT2D eigenvalue weighted by Crippen LogP contribution is -2.59. The lowest BCUT2D eigenvalue weighted by atomic mass is 9.77. The normalized spacial score (nSPS) is 11.7. The van der Waals surface area contributed by atoms with Gasteiger partial charge in [-0.3, -0.25) is 5.01 Å². The lowest BCUT2D eigenvalue weighted by molar-refractivity contribution is 0.235. The molecule has 4 heteroatoms. The van der Waals surface area contributed by atoms with Crippen molar-refractivity contribution in [3.8, 4) is 0 Å². The Balaban J connectivity index is 2.24. The zero-order valence-electron chi connectivity index (χ0n) is 16.6. The Morgan fingerprint density at radius 3 is 1.32 bits per heavy atom. The summed E-state index contributed by atoms with van der Waals surface area (Å²) >= 11 is 5.76. The molecular weight excluding hydrogens is 362 g/mol. The average molecular weight is 390 g/mol. The molecule has 0 atom stereocenters. The van der Waals surface area contributed by atoms with Crippen molar-refractivity contribution in [2.75, 3.05) is 0 Å². The molecule has 0 radical (unpaired) electrons. The van der Waals surface area contributed by atoms with Crippen LogP contribution in [-0.2, 0) is 5.54 Å². The van der Waals surface area contributed by atoms with Crippen molar-refractivity contribution in [2.24, 2.45) is 5.84 Å². The summed E-state index contributed by atoms with van der Waals surface area (Å²) in [7, 11) is 0. The minimum absolute atomic E-state index is 0.306. The molecule has 0 aliphatic rings. The Morgan fingerprint density at radius 1 is 0.714 bits per heavy atom. The van der Waals surface area contributed by atoms with E-state index in [1.807, 2.05) is 75.4 Å². The van der Waals surface area contributed by atoms with E-state index in [2.05, 4.69) is 41.7 Å². The van der Waals surface area contributed by atoms with Gasteiger partial charge < -0.3 is 5.32 Å². The molecule has 3 aromatic carbocycles. The predicted octanol–water partition coefficient (Wildman–Crippen LogP) is 4.83. The molecule has 3 rings (SSSR count). The van der Waals surface area contributed by atoms with Gasteiger partial charge in [-0.1, -0.05) is 91.0 Å². The van der Waals surface area contributed by atoms with Crippen LogP contribution >= 0.6 is 12.2 Å². The Morgan fingerprint density at radius 2 is 1.04 bits per heavy atom. The summed E-state index contributed by atoms with van der Waals surface area (Å²) in [4.78, 5) is 0. The number of rotatable bonds is 4. The summed E-state index contributed by atoms with van der Waals surface area (Å²) in [5.41, 5.74) is 2.31. The SMILES string of the molecule is CC(C)(C)N(N)C(=S)NC(c1ccccc1)(c1ccccc1)c1ccccc1. The molecule has 3 nitrogen and oxygen atoms in total. The van der Waals surface area contributed by atoms with E-state index in [4.69, 9.17) is 18.1 Å². The fourth-order valence-corrected chi connectivity index (χ4v) is 3.73. The van der Waals surface area contributed by atoms with Gasteiger partial charge in [-0.25, -0.2) is 5.84 Å². The summed E-state index contributed by atoms with van der Waals surface area (Å²) in [6, 6.07) is 31.1. The van der Waals surface area contributed by atoms with Gasteiger partial charge in [0, 0.05) is 5.54 Å². The number of nitrogens with two attached hydrogens (primary N) is 1. The summed E-state index contributed by atoms with van der Waals surface area (Å²) in [5.74, 6) is 6.37. The molecule has 0 aliphatic carbocycles. The van der Waals surface area contributed by atoms with Crippen LogP contribution in [0.2, 0.25) is 0 Å². The molecule has 0 aromatic heterocycles. The van der Waals surface area contributed by atoms with Crippen LogP contribution in [0.5, 0.6) is 0 Å².